The van der Waals surface area contributed by atoms with Gasteiger partial charge in [-0.3, -0.25) is 19.1 Å². The second-order valence-electron chi connectivity index (χ2n) is 7.60. The lowest BCUT2D eigenvalue weighted by atomic mass is 9.92. The molecule has 0 atom stereocenters. The molecule has 2 aromatic heterocycles. The van der Waals surface area contributed by atoms with Crippen molar-refractivity contribution in [2.75, 3.05) is 7.11 Å². The third-order valence-corrected chi connectivity index (χ3v) is 6.38. The van der Waals surface area contributed by atoms with Crippen molar-refractivity contribution in [1.82, 2.24) is 0 Å². The van der Waals surface area contributed by atoms with Crippen molar-refractivity contribution in [2.45, 2.75) is 6.92 Å². The Balaban J connectivity index is 0.000000568. The van der Waals surface area contributed by atoms with Crippen molar-refractivity contribution in [3.05, 3.63) is 104 Å². The third kappa shape index (κ3) is 6.35. The van der Waals surface area contributed by atoms with Crippen LogP contribution in [0.15, 0.2) is 81.9 Å². The molecule has 10 nitrogen and oxygen atoms in total. The Labute approximate surface area is 221 Å². The Hall–Kier alpha value is -3.71. The van der Waals surface area contributed by atoms with Gasteiger partial charge in [0.1, 0.15) is 23.9 Å². The number of nitrogens with zero attached hydrogens (tertiary/aromatic N) is 2. The van der Waals surface area contributed by atoms with Gasteiger partial charge in [0, 0.05) is 17.0 Å². The molecule has 2 aromatic carbocycles. The number of furan rings is 1. The number of halogens is 1. The number of carbonyl (C=O) groups is 1. The fraction of sp³-hybridized carbons (Fsp3) is 0.120. The molecule has 192 valence electrons. The number of aromatic nitrogens is 1. The van der Waals surface area contributed by atoms with E-state index in [1.54, 1.807) is 54.9 Å². The maximum Gasteiger partial charge on any atom is 0.352 e. The van der Waals surface area contributed by atoms with Gasteiger partial charge in [-0.05, 0) is 48.5 Å². The van der Waals surface area contributed by atoms with E-state index in [1.807, 2.05) is 30.3 Å². The van der Waals surface area contributed by atoms with E-state index < -0.39 is 15.3 Å². The van der Waals surface area contributed by atoms with E-state index in [2.05, 4.69) is 20.1 Å². The summed E-state index contributed by atoms with van der Waals surface area (Å²) in [6, 6.07) is 19.3. The predicted molar refractivity (Wildman–Crippen MR) is 136 cm³/mol. The molecule has 0 bridgehead atoms. The lowest BCUT2D eigenvalue weighted by Gasteiger charge is -2.13. The molecule has 37 heavy (non-hydrogen) atoms. The van der Waals surface area contributed by atoms with Crippen molar-refractivity contribution >= 4 is 37.8 Å². The van der Waals surface area contributed by atoms with Gasteiger partial charge in [0.15, 0.2) is 11.5 Å². The number of pyridine rings is 1. The highest BCUT2D eigenvalue weighted by Gasteiger charge is 2.39. The fourth-order valence-corrected chi connectivity index (χ4v) is 3.96. The van der Waals surface area contributed by atoms with Crippen molar-refractivity contribution in [3.8, 4) is 22.6 Å². The number of hydrogen-bond donors (Lipinski definition) is 0. The van der Waals surface area contributed by atoms with Gasteiger partial charge in [-0.1, -0.05) is 34.1 Å². The first-order valence-corrected chi connectivity index (χ1v) is 12.7. The van der Waals surface area contributed by atoms with Crippen LogP contribution in [-0.2, 0) is 21.6 Å². The highest BCUT2D eigenvalue weighted by molar-refractivity contribution is 9.10. The average molecular weight is 589 g/mol. The molecule has 0 unspecified atom stereocenters. The van der Waals surface area contributed by atoms with Gasteiger partial charge in [-0.25, -0.2) is 8.42 Å². The van der Waals surface area contributed by atoms with Crippen LogP contribution in [0.4, 0.5) is 5.69 Å². The zero-order valence-electron chi connectivity index (χ0n) is 19.9. The normalized spacial score (nSPS) is 10.9. The third-order valence-electron chi connectivity index (χ3n) is 5.45. The Morgan fingerprint density at radius 3 is 2.14 bits per heavy atom. The molecule has 0 saturated heterocycles. The van der Waals surface area contributed by atoms with Gasteiger partial charge in [-0.15, -0.1) is 0 Å². The predicted octanol–water partition coefficient (Wildman–Crippen LogP) is 4.74. The summed E-state index contributed by atoms with van der Waals surface area (Å²) in [5, 5.41) is 12.4. The van der Waals surface area contributed by atoms with Crippen LogP contribution < -0.4 is 4.57 Å². The summed E-state index contributed by atoms with van der Waals surface area (Å²) < 4.78 is 39.1. The molecule has 0 N–H and O–H groups in total. The van der Waals surface area contributed by atoms with Crippen LogP contribution in [0.2, 0.25) is 0 Å². The molecule has 4 aromatic rings. The molecular weight excluding hydrogens is 568 g/mol. The summed E-state index contributed by atoms with van der Waals surface area (Å²) in [4.78, 5) is 25.5. The lowest BCUT2D eigenvalue weighted by molar-refractivity contribution is -0.669. The largest absolute Gasteiger partial charge is 0.726 e. The zero-order chi connectivity index (χ0) is 27.3. The molecule has 0 aliphatic rings. The van der Waals surface area contributed by atoms with Crippen molar-refractivity contribution in [2.24, 2.45) is 7.05 Å². The highest BCUT2D eigenvalue weighted by Crippen LogP contribution is 2.41. The molecule has 2 heterocycles. The molecule has 12 heteroatoms. The molecule has 0 radical (unpaired) electrons. The molecule has 0 aliphatic carbocycles. The molecular formula is C25H21BrN2O8S. The number of benzene rings is 2. The Morgan fingerprint density at radius 1 is 1.05 bits per heavy atom. The zero-order valence-corrected chi connectivity index (χ0v) is 22.3. The summed E-state index contributed by atoms with van der Waals surface area (Å²) in [6.45, 7) is 1.79. The number of carbonyl (C=O) groups excluding carboxylic acids is 1. The first kappa shape index (κ1) is 27.9. The minimum Gasteiger partial charge on any atom is -0.726 e. The first-order valence-electron chi connectivity index (χ1n) is 10.6. The lowest BCUT2D eigenvalue weighted by Crippen LogP contribution is -2.38. The standard InChI is InChI=1S/C24H18BrN2O4.CH4O4S/c1-15-20(24(28)17-10-12-18(25)13-11-17)21(19-9-6-14-31-19)23(27(29)30)22(26(15)2)16-7-4-3-5-8-16;1-5-6(2,3)4/h3-14H,1-2H3;1H3,(H,2,3,4)/q+1;/p-1. The first-order chi connectivity index (χ1) is 17.5. The number of nitro groups is 1. The maximum absolute atomic E-state index is 13.6. The van der Waals surface area contributed by atoms with Gasteiger partial charge in [0.05, 0.1) is 23.9 Å². The monoisotopic (exact) mass is 588 g/mol. The Morgan fingerprint density at radius 2 is 1.65 bits per heavy atom. The number of rotatable bonds is 6. The van der Waals surface area contributed by atoms with E-state index in [-0.39, 0.29) is 28.4 Å². The number of ketones is 1. The second-order valence-corrected chi connectivity index (χ2v) is 9.67. The van der Waals surface area contributed by atoms with E-state index in [4.69, 9.17) is 4.42 Å². The van der Waals surface area contributed by atoms with Gasteiger partial charge >= 0.3 is 5.69 Å². The van der Waals surface area contributed by atoms with Gasteiger partial charge in [0.2, 0.25) is 10.4 Å². The van der Waals surface area contributed by atoms with E-state index in [0.29, 0.717) is 22.5 Å². The maximum atomic E-state index is 13.6. The number of hydrogen-bond acceptors (Lipinski definition) is 8. The summed E-state index contributed by atoms with van der Waals surface area (Å²) in [5.41, 5.74) is 2.36. The summed E-state index contributed by atoms with van der Waals surface area (Å²) in [7, 11) is -1.87. The van der Waals surface area contributed by atoms with Crippen molar-refractivity contribution in [1.29, 1.82) is 0 Å². The smallest absolute Gasteiger partial charge is 0.352 e. The fourth-order valence-electron chi connectivity index (χ4n) is 3.70. The molecule has 0 aliphatic heterocycles. The topological polar surface area (TPSA) is 144 Å². The SMILES string of the molecule is COS(=O)(=O)[O-].Cc1c(C(=O)c2ccc(Br)cc2)c(-c2ccco2)c([N+](=O)[O-])c(-c2ccccc2)[n+]1C. The van der Waals surface area contributed by atoms with Crippen LogP contribution in [0.3, 0.4) is 0 Å². The van der Waals surface area contributed by atoms with Gasteiger partial charge < -0.3 is 8.97 Å². The quantitative estimate of drug-likeness (QED) is 0.0784. The van der Waals surface area contributed by atoms with Crippen LogP contribution in [0.1, 0.15) is 21.6 Å². The van der Waals surface area contributed by atoms with Crippen LogP contribution >= 0.6 is 15.9 Å². The van der Waals surface area contributed by atoms with Crippen LogP contribution in [0.25, 0.3) is 22.6 Å². The minimum absolute atomic E-state index is 0.172. The van der Waals surface area contributed by atoms with Gasteiger partial charge in [-0.2, -0.15) is 4.57 Å². The van der Waals surface area contributed by atoms with Gasteiger partial charge in [0.25, 0.3) is 5.69 Å². The van der Waals surface area contributed by atoms with E-state index in [1.165, 1.54) is 6.26 Å². The van der Waals surface area contributed by atoms with Crippen molar-refractivity contribution < 1.29 is 35.9 Å². The highest BCUT2D eigenvalue weighted by atomic mass is 79.9. The molecule has 0 fully saturated rings. The average Bonchev–Trinajstić information content (AvgIpc) is 3.40. The molecule has 0 amide bonds. The molecule has 4 rings (SSSR count). The second kappa shape index (κ2) is 11.6. The Bertz CT molecular complexity index is 1540. The molecule has 0 spiro atoms. The van der Waals surface area contributed by atoms with Crippen LogP contribution in [-0.4, -0.2) is 30.8 Å². The Kier molecular flexibility index (Phi) is 8.71. The van der Waals surface area contributed by atoms with Crippen LogP contribution in [0.5, 0.6) is 0 Å². The summed E-state index contributed by atoms with van der Waals surface area (Å²) in [5.74, 6) is -0.0391. The van der Waals surface area contributed by atoms with E-state index in [0.717, 1.165) is 11.6 Å². The van der Waals surface area contributed by atoms with Crippen molar-refractivity contribution in [3.63, 3.8) is 0 Å². The van der Waals surface area contributed by atoms with Crippen LogP contribution in [0, 0.1) is 17.0 Å². The summed E-state index contributed by atoms with van der Waals surface area (Å²) >= 11 is 3.37. The van der Waals surface area contributed by atoms with E-state index >= 15 is 0 Å². The minimum atomic E-state index is -4.41. The molecule has 0 saturated carbocycles. The summed E-state index contributed by atoms with van der Waals surface area (Å²) in [6.07, 6.45) is 1.44. The van der Waals surface area contributed by atoms with E-state index in [9.17, 15) is 27.9 Å².